The van der Waals surface area contributed by atoms with Gasteiger partial charge in [0.15, 0.2) is 0 Å². The predicted octanol–water partition coefficient (Wildman–Crippen LogP) is 2.95. The van der Waals surface area contributed by atoms with Gasteiger partial charge in [-0.1, -0.05) is 19.3 Å². The molecule has 5 nitrogen and oxygen atoms in total. The minimum Gasteiger partial charge on any atom is -0.384 e. The van der Waals surface area contributed by atoms with Crippen molar-refractivity contribution in [1.82, 2.24) is 4.90 Å². The molecule has 0 radical (unpaired) electrons. The number of anilines is 2. The fourth-order valence-corrected chi connectivity index (χ4v) is 3.46. The van der Waals surface area contributed by atoms with Gasteiger partial charge in [0.05, 0.1) is 13.2 Å². The van der Waals surface area contributed by atoms with Crippen molar-refractivity contribution < 1.29 is 9.53 Å². The highest BCUT2D eigenvalue weighted by molar-refractivity contribution is 5.92. The predicted molar refractivity (Wildman–Crippen MR) is 97.4 cm³/mol. The van der Waals surface area contributed by atoms with Crippen LogP contribution in [-0.2, 0) is 9.53 Å². The average molecular weight is 331 g/mol. The fourth-order valence-electron chi connectivity index (χ4n) is 3.46. The number of nitrogens with zero attached hydrogens (tertiary/aromatic N) is 1. The topological polar surface area (TPSA) is 53.6 Å². The van der Waals surface area contributed by atoms with Crippen LogP contribution < -0.4 is 10.6 Å². The molecule has 1 amide bonds. The maximum Gasteiger partial charge on any atom is 0.227 e. The summed E-state index contributed by atoms with van der Waals surface area (Å²) in [5.41, 5.74) is 1.99. The summed E-state index contributed by atoms with van der Waals surface area (Å²) in [4.78, 5) is 14.7. The van der Waals surface area contributed by atoms with Crippen LogP contribution in [0, 0.1) is 5.92 Å². The second kappa shape index (κ2) is 9.04. The zero-order valence-electron chi connectivity index (χ0n) is 14.4. The van der Waals surface area contributed by atoms with E-state index in [1.807, 2.05) is 24.3 Å². The first-order valence-corrected chi connectivity index (χ1v) is 9.26. The van der Waals surface area contributed by atoms with Crippen LogP contribution in [0.5, 0.6) is 0 Å². The molecule has 2 N–H and O–H groups in total. The molecule has 0 unspecified atom stereocenters. The van der Waals surface area contributed by atoms with Crippen molar-refractivity contribution in [3.8, 4) is 0 Å². The number of morpholine rings is 1. The van der Waals surface area contributed by atoms with E-state index in [1.54, 1.807) is 0 Å². The van der Waals surface area contributed by atoms with Crippen LogP contribution in [0.25, 0.3) is 0 Å². The summed E-state index contributed by atoms with van der Waals surface area (Å²) in [6.45, 7) is 5.68. The van der Waals surface area contributed by atoms with Crippen LogP contribution in [0.2, 0.25) is 0 Å². The van der Waals surface area contributed by atoms with E-state index >= 15 is 0 Å². The van der Waals surface area contributed by atoms with Gasteiger partial charge in [-0.2, -0.15) is 0 Å². The van der Waals surface area contributed by atoms with Gasteiger partial charge in [0, 0.05) is 43.5 Å². The van der Waals surface area contributed by atoms with Crippen molar-refractivity contribution >= 4 is 17.3 Å². The highest BCUT2D eigenvalue weighted by atomic mass is 16.5. The van der Waals surface area contributed by atoms with Crippen molar-refractivity contribution in [2.45, 2.75) is 32.1 Å². The van der Waals surface area contributed by atoms with Crippen molar-refractivity contribution in [1.29, 1.82) is 0 Å². The molecular formula is C19H29N3O2. The van der Waals surface area contributed by atoms with Gasteiger partial charge in [0.2, 0.25) is 5.91 Å². The normalized spacial score (nSPS) is 19.8. The number of benzene rings is 1. The molecule has 132 valence electrons. The molecule has 24 heavy (non-hydrogen) atoms. The van der Waals surface area contributed by atoms with Crippen LogP contribution in [-0.4, -0.2) is 50.2 Å². The summed E-state index contributed by atoms with van der Waals surface area (Å²) < 4.78 is 5.36. The van der Waals surface area contributed by atoms with E-state index < -0.39 is 0 Å². The van der Waals surface area contributed by atoms with Gasteiger partial charge in [0.25, 0.3) is 0 Å². The minimum absolute atomic E-state index is 0.183. The number of carbonyl (C=O) groups is 1. The Labute approximate surface area is 144 Å². The van der Waals surface area contributed by atoms with Crippen LogP contribution >= 0.6 is 0 Å². The molecule has 1 saturated heterocycles. The number of ether oxygens (including phenoxy) is 1. The Bertz CT molecular complexity index is 506. The quantitative estimate of drug-likeness (QED) is 0.841. The molecular weight excluding hydrogens is 302 g/mol. The van der Waals surface area contributed by atoms with Crippen LogP contribution in [0.4, 0.5) is 11.4 Å². The fraction of sp³-hybridized carbons (Fsp3) is 0.632. The van der Waals surface area contributed by atoms with Gasteiger partial charge in [-0.25, -0.2) is 0 Å². The van der Waals surface area contributed by atoms with Crippen molar-refractivity contribution in [3.05, 3.63) is 24.3 Å². The lowest BCUT2D eigenvalue weighted by atomic mass is 9.88. The maximum absolute atomic E-state index is 12.3. The van der Waals surface area contributed by atoms with Gasteiger partial charge < -0.3 is 15.4 Å². The van der Waals surface area contributed by atoms with Gasteiger partial charge >= 0.3 is 0 Å². The molecule has 5 heteroatoms. The van der Waals surface area contributed by atoms with E-state index in [4.69, 9.17) is 4.74 Å². The third-order valence-corrected chi connectivity index (χ3v) is 4.99. The summed E-state index contributed by atoms with van der Waals surface area (Å²) in [5.74, 6) is 0.382. The first-order chi connectivity index (χ1) is 11.8. The van der Waals surface area contributed by atoms with Gasteiger partial charge in [-0.05, 0) is 37.1 Å². The van der Waals surface area contributed by atoms with Crippen LogP contribution in [0.15, 0.2) is 24.3 Å². The van der Waals surface area contributed by atoms with Crippen molar-refractivity contribution in [2.24, 2.45) is 5.92 Å². The molecule has 1 saturated carbocycles. The van der Waals surface area contributed by atoms with E-state index in [1.165, 1.54) is 19.3 Å². The lowest BCUT2D eigenvalue weighted by Gasteiger charge is -2.26. The summed E-state index contributed by atoms with van der Waals surface area (Å²) in [5, 5.41) is 6.50. The third kappa shape index (κ3) is 5.21. The summed E-state index contributed by atoms with van der Waals surface area (Å²) in [6.07, 6.45) is 5.71. The van der Waals surface area contributed by atoms with E-state index in [0.717, 1.165) is 63.6 Å². The van der Waals surface area contributed by atoms with E-state index in [0.29, 0.717) is 0 Å². The number of rotatable bonds is 6. The Balaban J connectivity index is 1.40. The molecule has 2 fully saturated rings. The molecule has 1 aliphatic carbocycles. The summed E-state index contributed by atoms with van der Waals surface area (Å²) in [6, 6.07) is 8.04. The Kier molecular flexibility index (Phi) is 6.49. The highest BCUT2D eigenvalue weighted by Crippen LogP contribution is 2.25. The van der Waals surface area contributed by atoms with E-state index in [2.05, 4.69) is 15.5 Å². The Morgan fingerprint density at radius 1 is 1.04 bits per heavy atom. The molecule has 1 aliphatic heterocycles. The van der Waals surface area contributed by atoms with E-state index in [9.17, 15) is 4.79 Å². The van der Waals surface area contributed by atoms with Gasteiger partial charge in [-0.15, -0.1) is 0 Å². The van der Waals surface area contributed by atoms with Gasteiger partial charge in [0.1, 0.15) is 0 Å². The van der Waals surface area contributed by atoms with Crippen molar-refractivity contribution in [2.75, 3.05) is 50.0 Å². The molecule has 0 bridgehead atoms. The molecule has 3 rings (SSSR count). The average Bonchev–Trinajstić information content (AvgIpc) is 2.65. The molecule has 1 heterocycles. The first kappa shape index (κ1) is 17.2. The number of amides is 1. The van der Waals surface area contributed by atoms with Crippen LogP contribution in [0.1, 0.15) is 32.1 Å². The standard InChI is InChI=1S/C19H29N3O2/c23-19(16-4-2-1-3-5-16)21-18-8-6-17(7-9-18)20-10-11-22-12-14-24-15-13-22/h6-9,16,20H,1-5,10-15H2,(H,21,23). The second-order valence-electron chi connectivity index (χ2n) is 6.78. The molecule has 0 atom stereocenters. The highest BCUT2D eigenvalue weighted by Gasteiger charge is 2.20. The Morgan fingerprint density at radius 2 is 1.71 bits per heavy atom. The molecule has 1 aromatic carbocycles. The van der Waals surface area contributed by atoms with E-state index in [-0.39, 0.29) is 11.8 Å². The lowest BCUT2D eigenvalue weighted by Crippen LogP contribution is -2.38. The monoisotopic (exact) mass is 331 g/mol. The zero-order chi connectivity index (χ0) is 16.6. The Morgan fingerprint density at radius 3 is 2.42 bits per heavy atom. The van der Waals surface area contributed by atoms with Crippen molar-refractivity contribution in [3.63, 3.8) is 0 Å². The molecule has 0 spiro atoms. The minimum atomic E-state index is 0.183. The number of nitrogens with one attached hydrogen (secondary N) is 2. The zero-order valence-corrected chi connectivity index (χ0v) is 14.4. The number of hydrogen-bond acceptors (Lipinski definition) is 4. The molecule has 1 aromatic rings. The smallest absolute Gasteiger partial charge is 0.227 e. The summed E-state index contributed by atoms with van der Waals surface area (Å²) >= 11 is 0. The number of carbonyl (C=O) groups excluding carboxylic acids is 1. The first-order valence-electron chi connectivity index (χ1n) is 9.26. The van der Waals surface area contributed by atoms with Crippen LogP contribution in [0.3, 0.4) is 0 Å². The number of hydrogen-bond donors (Lipinski definition) is 2. The Hall–Kier alpha value is -1.59. The maximum atomic E-state index is 12.3. The SMILES string of the molecule is O=C(Nc1ccc(NCCN2CCOCC2)cc1)C1CCCCC1. The third-order valence-electron chi connectivity index (χ3n) is 4.99. The largest absolute Gasteiger partial charge is 0.384 e. The van der Waals surface area contributed by atoms with Gasteiger partial charge in [-0.3, -0.25) is 9.69 Å². The molecule has 2 aliphatic rings. The molecule has 0 aromatic heterocycles. The summed E-state index contributed by atoms with van der Waals surface area (Å²) in [7, 11) is 0. The lowest BCUT2D eigenvalue weighted by molar-refractivity contribution is -0.120. The second-order valence-corrected chi connectivity index (χ2v) is 6.78.